The zero-order valence-corrected chi connectivity index (χ0v) is 9.01. The van der Waals surface area contributed by atoms with Crippen LogP contribution in [0.25, 0.3) is 0 Å². The molecule has 0 aromatic rings. The van der Waals surface area contributed by atoms with Crippen molar-refractivity contribution >= 4 is 5.97 Å². The monoisotopic (exact) mass is 212 g/mol. The summed E-state index contributed by atoms with van der Waals surface area (Å²) in [6.07, 6.45) is 3.37. The minimum atomic E-state index is -1.27. The summed E-state index contributed by atoms with van der Waals surface area (Å²) in [5.74, 6) is -0.350. The van der Waals surface area contributed by atoms with E-state index in [0.717, 1.165) is 5.70 Å². The predicted octanol–water partition coefficient (Wildman–Crippen LogP) is -1.25. The molecule has 6 heteroatoms. The van der Waals surface area contributed by atoms with E-state index in [4.69, 9.17) is 5.11 Å². The Balaban J connectivity index is 3.09. The van der Waals surface area contributed by atoms with Crippen molar-refractivity contribution in [2.45, 2.75) is 5.66 Å². The average Bonchev–Trinajstić information content (AvgIpc) is 2.27. The maximum Gasteiger partial charge on any atom is 0.349 e. The lowest BCUT2D eigenvalue weighted by Gasteiger charge is -2.32. The lowest BCUT2D eigenvalue weighted by molar-refractivity contribution is -0.143. The van der Waals surface area contributed by atoms with Crippen LogP contribution in [0, 0.1) is 0 Å². The molecule has 0 radical (unpaired) electrons. The highest BCUT2D eigenvalue weighted by Gasteiger charge is 2.37. The average molecular weight is 212 g/mol. The number of hydrogen-bond acceptors (Lipinski definition) is 5. The molecule has 6 nitrogen and oxygen atoms in total. The summed E-state index contributed by atoms with van der Waals surface area (Å²) in [5.41, 5.74) is -0.541. The Morgan fingerprint density at radius 2 is 2.07 bits per heavy atom. The molecule has 0 bridgehead atoms. The summed E-state index contributed by atoms with van der Waals surface area (Å²) >= 11 is 0. The molecule has 0 saturated heterocycles. The minimum absolute atomic E-state index is 0.638. The van der Waals surface area contributed by atoms with Gasteiger partial charge in [-0.3, -0.25) is 5.32 Å². The molecule has 1 aliphatic rings. The summed E-state index contributed by atoms with van der Waals surface area (Å²) in [6, 6.07) is 0. The summed E-state index contributed by atoms with van der Waals surface area (Å²) in [6.45, 7) is 0. The number of aliphatic carboxylic acids is 1. The molecular weight excluding hydrogens is 196 g/mol. The van der Waals surface area contributed by atoms with Crippen LogP contribution >= 0.6 is 0 Å². The molecule has 1 unspecified atom stereocenters. The Morgan fingerprint density at radius 1 is 1.40 bits per heavy atom. The molecule has 0 aliphatic carbocycles. The molecule has 1 atom stereocenters. The third kappa shape index (κ3) is 2.04. The van der Waals surface area contributed by atoms with E-state index < -0.39 is 11.6 Å². The number of hydrogen-bond donors (Lipinski definition) is 5. The van der Waals surface area contributed by atoms with Crippen LogP contribution in [-0.2, 0) is 4.79 Å². The van der Waals surface area contributed by atoms with E-state index in [-0.39, 0.29) is 0 Å². The number of rotatable bonds is 4. The number of carboxylic acids is 1. The molecule has 15 heavy (non-hydrogen) atoms. The molecule has 1 heterocycles. The van der Waals surface area contributed by atoms with Crippen LogP contribution in [0.1, 0.15) is 0 Å². The lowest BCUT2D eigenvalue weighted by atomic mass is 10.1. The van der Waals surface area contributed by atoms with E-state index in [9.17, 15) is 4.79 Å². The van der Waals surface area contributed by atoms with Gasteiger partial charge in [-0.2, -0.15) is 0 Å². The molecule has 0 amide bonds. The van der Waals surface area contributed by atoms with Gasteiger partial charge in [0.25, 0.3) is 0 Å². The second-order valence-corrected chi connectivity index (χ2v) is 3.15. The first-order chi connectivity index (χ1) is 7.07. The zero-order valence-electron chi connectivity index (χ0n) is 9.01. The minimum Gasteiger partial charge on any atom is -0.478 e. The van der Waals surface area contributed by atoms with Crippen molar-refractivity contribution in [2.75, 3.05) is 21.1 Å². The molecule has 0 saturated carbocycles. The van der Waals surface area contributed by atoms with Gasteiger partial charge in [-0.05, 0) is 13.1 Å². The molecule has 5 N–H and O–H groups in total. The standard InChI is InChI=1S/C9H16N4O2/c1-10-6-4-7(11-2)13-9(5-6,12-3)8(14)15/h4-5,10-13H,1-3H3,(H,14,15). The van der Waals surface area contributed by atoms with Crippen LogP contribution < -0.4 is 21.3 Å². The van der Waals surface area contributed by atoms with Gasteiger partial charge in [0, 0.05) is 25.9 Å². The Bertz CT molecular complexity index is 324. The number of carboxylic acid groups (broad SMARTS) is 1. The smallest absolute Gasteiger partial charge is 0.349 e. The fraction of sp³-hybridized carbons (Fsp3) is 0.444. The predicted molar refractivity (Wildman–Crippen MR) is 56.8 cm³/mol. The van der Waals surface area contributed by atoms with Crippen molar-refractivity contribution in [3.05, 3.63) is 23.7 Å². The van der Waals surface area contributed by atoms with Crippen molar-refractivity contribution < 1.29 is 9.90 Å². The highest BCUT2D eigenvalue weighted by molar-refractivity contribution is 5.82. The van der Waals surface area contributed by atoms with Crippen molar-refractivity contribution in [3.63, 3.8) is 0 Å². The largest absolute Gasteiger partial charge is 0.478 e. The van der Waals surface area contributed by atoms with Crippen LogP contribution in [0.3, 0.4) is 0 Å². The van der Waals surface area contributed by atoms with Gasteiger partial charge in [0.15, 0.2) is 0 Å². The Kier molecular flexibility index (Phi) is 3.21. The van der Waals surface area contributed by atoms with E-state index >= 15 is 0 Å². The van der Waals surface area contributed by atoms with Gasteiger partial charge >= 0.3 is 5.97 Å². The topological polar surface area (TPSA) is 85.4 Å². The second-order valence-electron chi connectivity index (χ2n) is 3.15. The summed E-state index contributed by atoms with van der Waals surface area (Å²) in [4.78, 5) is 11.2. The van der Waals surface area contributed by atoms with Crippen molar-refractivity contribution in [2.24, 2.45) is 0 Å². The van der Waals surface area contributed by atoms with Gasteiger partial charge in [-0.1, -0.05) is 0 Å². The second kappa shape index (κ2) is 4.22. The van der Waals surface area contributed by atoms with Gasteiger partial charge in [0.05, 0.1) is 0 Å². The van der Waals surface area contributed by atoms with Crippen LogP contribution in [0.15, 0.2) is 23.7 Å². The highest BCUT2D eigenvalue weighted by atomic mass is 16.4. The number of dihydropyridines is 1. The SMILES string of the molecule is CNC1=CC(NC)(C(=O)O)NC(NC)=C1. The van der Waals surface area contributed by atoms with Crippen molar-refractivity contribution in [1.82, 2.24) is 21.3 Å². The van der Waals surface area contributed by atoms with Crippen molar-refractivity contribution in [1.29, 1.82) is 0 Å². The molecule has 1 rings (SSSR count). The first-order valence-electron chi connectivity index (χ1n) is 4.58. The van der Waals surface area contributed by atoms with E-state index in [0.29, 0.717) is 5.82 Å². The number of allylic oxidation sites excluding steroid dienone is 1. The summed E-state index contributed by atoms with van der Waals surface area (Å²) in [5, 5.41) is 20.5. The van der Waals surface area contributed by atoms with Gasteiger partial charge in [0.1, 0.15) is 5.82 Å². The summed E-state index contributed by atoms with van der Waals surface area (Å²) < 4.78 is 0. The maximum atomic E-state index is 11.2. The van der Waals surface area contributed by atoms with Crippen LogP contribution in [0.4, 0.5) is 0 Å². The van der Waals surface area contributed by atoms with Gasteiger partial charge in [-0.25, -0.2) is 4.79 Å². The van der Waals surface area contributed by atoms with Crippen LogP contribution in [-0.4, -0.2) is 37.9 Å². The molecular formula is C9H16N4O2. The fourth-order valence-electron chi connectivity index (χ4n) is 1.35. The third-order valence-electron chi connectivity index (χ3n) is 2.29. The lowest BCUT2D eigenvalue weighted by Crippen LogP contribution is -2.62. The summed E-state index contributed by atoms with van der Waals surface area (Å²) in [7, 11) is 5.05. The van der Waals surface area contributed by atoms with Crippen LogP contribution in [0.2, 0.25) is 0 Å². The van der Waals surface area contributed by atoms with E-state index in [1.807, 2.05) is 0 Å². The molecule has 84 valence electrons. The van der Waals surface area contributed by atoms with Crippen molar-refractivity contribution in [3.8, 4) is 0 Å². The highest BCUT2D eigenvalue weighted by Crippen LogP contribution is 2.14. The number of carbonyl (C=O) groups is 1. The quantitative estimate of drug-likeness (QED) is 0.400. The third-order valence-corrected chi connectivity index (χ3v) is 2.29. The molecule has 1 aliphatic heterocycles. The van der Waals surface area contributed by atoms with E-state index in [1.165, 1.54) is 0 Å². The van der Waals surface area contributed by atoms with E-state index in [1.54, 1.807) is 33.3 Å². The molecule has 0 fully saturated rings. The fourth-order valence-corrected chi connectivity index (χ4v) is 1.35. The first kappa shape index (κ1) is 11.4. The Labute approximate surface area is 88.4 Å². The van der Waals surface area contributed by atoms with Gasteiger partial charge < -0.3 is 21.1 Å². The van der Waals surface area contributed by atoms with Gasteiger partial charge in [0.2, 0.25) is 5.66 Å². The molecule has 0 aromatic carbocycles. The van der Waals surface area contributed by atoms with E-state index in [2.05, 4.69) is 21.3 Å². The zero-order chi connectivity index (χ0) is 11.5. The molecule has 0 spiro atoms. The Hall–Kier alpha value is -1.69. The number of nitrogens with one attached hydrogen (secondary N) is 4. The normalized spacial score (nSPS) is 24.7. The van der Waals surface area contributed by atoms with Gasteiger partial charge in [-0.15, -0.1) is 0 Å². The van der Waals surface area contributed by atoms with Crippen LogP contribution in [0.5, 0.6) is 0 Å². The molecule has 0 aromatic heterocycles. The maximum absolute atomic E-state index is 11.2. The number of likely N-dealkylation sites (N-methyl/N-ethyl adjacent to an activating group) is 2. The first-order valence-corrected chi connectivity index (χ1v) is 4.58. The Morgan fingerprint density at radius 3 is 2.47 bits per heavy atom.